The molecule has 1 aromatic heterocycles. The van der Waals surface area contributed by atoms with Crippen LogP contribution in [0.5, 0.6) is 0 Å². The molecule has 0 aliphatic rings. The number of carbonyl (C=O) groups excluding carboxylic acids is 1. The van der Waals surface area contributed by atoms with E-state index in [4.69, 9.17) is 21.8 Å². The van der Waals surface area contributed by atoms with E-state index in [1.165, 1.54) is 4.90 Å². The van der Waals surface area contributed by atoms with Gasteiger partial charge in [-0.3, -0.25) is 4.79 Å². The van der Waals surface area contributed by atoms with Crippen LogP contribution in [0.4, 0.5) is 0 Å². The molecule has 2 rings (SSSR count). The van der Waals surface area contributed by atoms with E-state index in [2.05, 4.69) is 4.98 Å². The van der Waals surface area contributed by atoms with Crippen LogP contribution in [0.1, 0.15) is 5.56 Å². The average Bonchev–Trinajstić information content (AvgIpc) is 2.86. The van der Waals surface area contributed by atoms with Crippen molar-refractivity contribution in [3.8, 4) is 0 Å². The number of carbonyl (C=O) groups is 1. The van der Waals surface area contributed by atoms with Crippen LogP contribution < -0.4 is 0 Å². The lowest BCUT2D eigenvalue weighted by atomic mass is 10.1. The third-order valence-electron chi connectivity index (χ3n) is 3.55. The largest absolute Gasteiger partial charge is 0.396 e. The van der Waals surface area contributed by atoms with Gasteiger partial charge in [-0.15, -0.1) is 0 Å². The number of aromatic nitrogens is 1. The Kier molecular flexibility index (Phi) is 5.22. The summed E-state index contributed by atoms with van der Waals surface area (Å²) in [6.45, 7) is 0.0550. The molecular weight excluding hydrogens is 292 g/mol. The molecule has 0 bridgehead atoms. The lowest BCUT2D eigenvalue weighted by Crippen LogP contribution is -2.35. The maximum absolute atomic E-state index is 12.2. The normalized spacial score (nSPS) is 11.3. The van der Waals surface area contributed by atoms with Gasteiger partial charge in [0.05, 0.1) is 6.42 Å². The maximum atomic E-state index is 12.2. The van der Waals surface area contributed by atoms with Crippen LogP contribution in [-0.2, 0) is 11.2 Å². The molecule has 21 heavy (non-hydrogen) atoms. The Hall–Kier alpha value is -1.56. The van der Waals surface area contributed by atoms with Crippen LogP contribution in [0.25, 0.3) is 10.9 Å². The number of halogens is 1. The van der Waals surface area contributed by atoms with Crippen molar-refractivity contribution in [2.24, 2.45) is 5.92 Å². The highest BCUT2D eigenvalue weighted by Gasteiger charge is 2.16. The van der Waals surface area contributed by atoms with Crippen LogP contribution in [-0.4, -0.2) is 52.8 Å². The van der Waals surface area contributed by atoms with E-state index < -0.39 is 0 Å². The first-order chi connectivity index (χ1) is 10.0. The predicted octanol–water partition coefficient (Wildman–Crippen LogP) is 1.42. The van der Waals surface area contributed by atoms with Gasteiger partial charge in [0.25, 0.3) is 0 Å². The molecule has 1 heterocycles. The Morgan fingerprint density at radius 3 is 2.76 bits per heavy atom. The van der Waals surface area contributed by atoms with Crippen molar-refractivity contribution >= 4 is 28.4 Å². The molecule has 1 amide bonds. The fourth-order valence-corrected chi connectivity index (χ4v) is 2.44. The molecule has 0 unspecified atom stereocenters. The van der Waals surface area contributed by atoms with Gasteiger partial charge < -0.3 is 20.1 Å². The first-order valence-corrected chi connectivity index (χ1v) is 7.14. The molecule has 0 fully saturated rings. The van der Waals surface area contributed by atoms with E-state index in [0.717, 1.165) is 16.5 Å². The van der Waals surface area contributed by atoms with Crippen molar-refractivity contribution in [2.45, 2.75) is 6.42 Å². The number of rotatable bonds is 6. The molecule has 114 valence electrons. The number of likely N-dealkylation sites (N-methyl/N-ethyl adjacent to an activating group) is 1. The zero-order chi connectivity index (χ0) is 15.4. The molecule has 0 aliphatic carbocycles. The standard InChI is InChI=1S/C15H19ClN2O3/c1-18(7-10(8-19)9-20)15(21)4-11-6-17-14-5-12(16)2-3-13(11)14/h2-3,5-6,10,17,19-20H,4,7-9H2,1H3. The minimum absolute atomic E-state index is 0.0576. The number of aliphatic hydroxyl groups is 2. The van der Waals surface area contributed by atoms with Gasteiger partial charge >= 0.3 is 0 Å². The Morgan fingerprint density at radius 2 is 2.10 bits per heavy atom. The number of hydrogen-bond acceptors (Lipinski definition) is 3. The molecule has 0 saturated heterocycles. The van der Waals surface area contributed by atoms with Crippen LogP contribution >= 0.6 is 11.6 Å². The Bertz CT molecular complexity index is 622. The SMILES string of the molecule is CN(CC(CO)CO)C(=O)Cc1c[nH]c2cc(Cl)ccc12. The molecule has 0 atom stereocenters. The van der Waals surface area contributed by atoms with Crippen LogP contribution in [0.2, 0.25) is 5.02 Å². The minimum Gasteiger partial charge on any atom is -0.396 e. The summed E-state index contributed by atoms with van der Waals surface area (Å²) in [4.78, 5) is 16.8. The van der Waals surface area contributed by atoms with Crippen LogP contribution in [0, 0.1) is 5.92 Å². The highest BCUT2D eigenvalue weighted by Crippen LogP contribution is 2.22. The lowest BCUT2D eigenvalue weighted by Gasteiger charge is -2.21. The van der Waals surface area contributed by atoms with E-state index in [-0.39, 0.29) is 31.5 Å². The number of aromatic amines is 1. The fraction of sp³-hybridized carbons (Fsp3) is 0.400. The van der Waals surface area contributed by atoms with Crippen molar-refractivity contribution in [1.82, 2.24) is 9.88 Å². The van der Waals surface area contributed by atoms with E-state index in [9.17, 15) is 4.79 Å². The number of fused-ring (bicyclic) bond motifs is 1. The number of hydrogen-bond donors (Lipinski definition) is 3. The Balaban J connectivity index is 2.07. The van der Waals surface area contributed by atoms with Crippen LogP contribution in [0.3, 0.4) is 0 Å². The van der Waals surface area contributed by atoms with E-state index in [1.54, 1.807) is 13.1 Å². The zero-order valence-corrected chi connectivity index (χ0v) is 12.6. The molecule has 6 heteroatoms. The summed E-state index contributed by atoms with van der Waals surface area (Å²) in [6, 6.07) is 5.51. The second-order valence-electron chi connectivity index (χ2n) is 5.19. The van der Waals surface area contributed by atoms with Gasteiger partial charge in [-0.25, -0.2) is 0 Å². The first kappa shape index (κ1) is 15.8. The van der Waals surface area contributed by atoms with E-state index in [0.29, 0.717) is 11.6 Å². The monoisotopic (exact) mass is 310 g/mol. The second kappa shape index (κ2) is 6.93. The maximum Gasteiger partial charge on any atom is 0.226 e. The Labute approximate surface area is 128 Å². The number of H-pyrrole nitrogens is 1. The fourth-order valence-electron chi connectivity index (χ4n) is 2.26. The summed E-state index contributed by atoms with van der Waals surface area (Å²) in [5.74, 6) is -0.363. The van der Waals surface area contributed by atoms with Crippen molar-refractivity contribution in [3.05, 3.63) is 35.0 Å². The van der Waals surface area contributed by atoms with Gasteiger partial charge in [-0.05, 0) is 17.7 Å². The molecule has 0 saturated carbocycles. The molecule has 0 spiro atoms. The Morgan fingerprint density at radius 1 is 1.38 bits per heavy atom. The van der Waals surface area contributed by atoms with Gasteiger partial charge in [0.1, 0.15) is 0 Å². The highest BCUT2D eigenvalue weighted by molar-refractivity contribution is 6.31. The van der Waals surface area contributed by atoms with Crippen molar-refractivity contribution in [3.63, 3.8) is 0 Å². The molecule has 2 aromatic rings. The smallest absolute Gasteiger partial charge is 0.226 e. The second-order valence-corrected chi connectivity index (χ2v) is 5.62. The number of nitrogens with zero attached hydrogens (tertiary/aromatic N) is 1. The van der Waals surface area contributed by atoms with Gasteiger partial charge in [0.2, 0.25) is 5.91 Å². The van der Waals surface area contributed by atoms with Crippen LogP contribution in [0.15, 0.2) is 24.4 Å². The summed E-state index contributed by atoms with van der Waals surface area (Å²) >= 11 is 5.93. The third kappa shape index (κ3) is 3.75. The third-order valence-corrected chi connectivity index (χ3v) is 3.78. The summed E-state index contributed by atoms with van der Waals surface area (Å²) < 4.78 is 0. The molecule has 0 aliphatic heterocycles. The summed E-state index contributed by atoms with van der Waals surface area (Å²) in [5, 5.41) is 19.8. The van der Waals surface area contributed by atoms with Crippen molar-refractivity contribution in [1.29, 1.82) is 0 Å². The zero-order valence-electron chi connectivity index (χ0n) is 11.8. The van der Waals surface area contributed by atoms with Gasteiger partial charge in [-0.2, -0.15) is 0 Å². The molecule has 0 radical (unpaired) electrons. The first-order valence-electron chi connectivity index (χ1n) is 6.76. The summed E-state index contributed by atoms with van der Waals surface area (Å²) in [7, 11) is 1.67. The van der Waals surface area contributed by atoms with Gasteiger partial charge in [0, 0.05) is 54.8 Å². The van der Waals surface area contributed by atoms with E-state index in [1.807, 2.05) is 18.3 Å². The average molecular weight is 311 g/mol. The van der Waals surface area contributed by atoms with E-state index >= 15 is 0 Å². The lowest BCUT2D eigenvalue weighted by molar-refractivity contribution is -0.130. The van der Waals surface area contributed by atoms with Crippen molar-refractivity contribution in [2.75, 3.05) is 26.8 Å². The topological polar surface area (TPSA) is 76.6 Å². The minimum atomic E-state index is -0.305. The molecule has 5 nitrogen and oxygen atoms in total. The number of benzene rings is 1. The number of nitrogens with one attached hydrogen (secondary N) is 1. The van der Waals surface area contributed by atoms with Crippen molar-refractivity contribution < 1.29 is 15.0 Å². The number of aliphatic hydroxyl groups excluding tert-OH is 2. The molecular formula is C15H19ClN2O3. The molecule has 3 N–H and O–H groups in total. The molecule has 1 aromatic carbocycles. The van der Waals surface area contributed by atoms with Gasteiger partial charge in [0.15, 0.2) is 0 Å². The highest BCUT2D eigenvalue weighted by atomic mass is 35.5. The number of amides is 1. The quantitative estimate of drug-likeness (QED) is 0.755. The summed E-state index contributed by atoms with van der Waals surface area (Å²) in [6.07, 6.45) is 2.07. The summed E-state index contributed by atoms with van der Waals surface area (Å²) in [5.41, 5.74) is 1.81. The predicted molar refractivity (Wildman–Crippen MR) is 82.3 cm³/mol. The van der Waals surface area contributed by atoms with Gasteiger partial charge in [-0.1, -0.05) is 17.7 Å².